The molecule has 7 heteroatoms. The molecule has 1 fully saturated rings. The van der Waals surface area contributed by atoms with Crippen LogP contribution in [-0.4, -0.2) is 35.5 Å². The molecule has 0 saturated carbocycles. The van der Waals surface area contributed by atoms with Crippen molar-refractivity contribution in [2.24, 2.45) is 0 Å². The van der Waals surface area contributed by atoms with E-state index in [4.69, 9.17) is 30.8 Å². The van der Waals surface area contributed by atoms with Crippen LogP contribution < -0.4 is 10.2 Å². The van der Waals surface area contributed by atoms with Crippen molar-refractivity contribution in [3.05, 3.63) is 23.2 Å². The first-order valence-corrected chi connectivity index (χ1v) is 7.46. The van der Waals surface area contributed by atoms with Crippen molar-refractivity contribution in [1.82, 2.24) is 0 Å². The molecule has 1 atom stereocenters. The van der Waals surface area contributed by atoms with Gasteiger partial charge in [-0.05, 0) is 52.8 Å². The summed E-state index contributed by atoms with van der Waals surface area (Å²) in [6.45, 7) is 9.23. The van der Waals surface area contributed by atoms with Crippen LogP contribution in [0.2, 0.25) is 5.02 Å². The van der Waals surface area contributed by atoms with E-state index in [0.717, 1.165) is 0 Å². The highest BCUT2D eigenvalue weighted by atomic mass is 35.5. The van der Waals surface area contributed by atoms with Crippen LogP contribution >= 0.6 is 11.6 Å². The lowest BCUT2D eigenvalue weighted by Crippen LogP contribution is -2.41. The van der Waals surface area contributed by atoms with Crippen LogP contribution in [0.5, 0.6) is 5.75 Å². The summed E-state index contributed by atoms with van der Waals surface area (Å²) in [4.78, 5) is 11.0. The SMILES string of the molecule is C[C@H](Oc1ccc(Cl)cc1B1OC(C)(C)C(C)(C)O1)C(=O)O. The van der Waals surface area contributed by atoms with E-state index >= 15 is 0 Å². The second kappa shape index (κ2) is 5.76. The Balaban J connectivity index is 2.35. The lowest BCUT2D eigenvalue weighted by molar-refractivity contribution is -0.144. The molecule has 0 aromatic heterocycles. The fourth-order valence-electron chi connectivity index (χ4n) is 2.02. The average molecular weight is 327 g/mol. The summed E-state index contributed by atoms with van der Waals surface area (Å²) in [6.07, 6.45) is -0.984. The summed E-state index contributed by atoms with van der Waals surface area (Å²) in [5.74, 6) is -0.660. The van der Waals surface area contributed by atoms with Gasteiger partial charge in [-0.3, -0.25) is 0 Å². The topological polar surface area (TPSA) is 65.0 Å². The minimum absolute atomic E-state index is 0.387. The number of hydrogen-bond donors (Lipinski definition) is 1. The highest BCUT2D eigenvalue weighted by Crippen LogP contribution is 2.37. The van der Waals surface area contributed by atoms with Gasteiger partial charge in [0, 0.05) is 10.5 Å². The molecule has 22 heavy (non-hydrogen) atoms. The Morgan fingerprint density at radius 3 is 2.32 bits per heavy atom. The zero-order valence-corrected chi connectivity index (χ0v) is 14.1. The average Bonchev–Trinajstić information content (AvgIpc) is 2.60. The van der Waals surface area contributed by atoms with Gasteiger partial charge in [0.2, 0.25) is 0 Å². The van der Waals surface area contributed by atoms with Crippen molar-refractivity contribution in [2.45, 2.75) is 51.9 Å². The molecule has 120 valence electrons. The molecule has 0 spiro atoms. The summed E-state index contributed by atoms with van der Waals surface area (Å²) in [7, 11) is -0.667. The highest BCUT2D eigenvalue weighted by Gasteiger charge is 2.52. The molecule has 1 aromatic rings. The fraction of sp³-hybridized carbons (Fsp3) is 0.533. The van der Waals surface area contributed by atoms with Crippen LogP contribution in [-0.2, 0) is 14.1 Å². The Morgan fingerprint density at radius 1 is 1.27 bits per heavy atom. The molecule has 5 nitrogen and oxygen atoms in total. The number of carboxylic acids is 1. The largest absolute Gasteiger partial charge is 0.498 e. The first-order chi connectivity index (χ1) is 10.0. The fourth-order valence-corrected chi connectivity index (χ4v) is 2.20. The van der Waals surface area contributed by atoms with Gasteiger partial charge < -0.3 is 19.2 Å². The smallest absolute Gasteiger partial charge is 0.479 e. The number of carboxylic acid groups (broad SMARTS) is 1. The molecule has 0 unspecified atom stereocenters. The zero-order valence-electron chi connectivity index (χ0n) is 13.3. The molecule has 1 N–H and O–H groups in total. The Bertz CT molecular complexity index is 571. The third-order valence-electron chi connectivity index (χ3n) is 4.13. The lowest BCUT2D eigenvalue weighted by Gasteiger charge is -2.32. The predicted molar refractivity (Wildman–Crippen MR) is 84.9 cm³/mol. The molecule has 1 aliphatic rings. The third kappa shape index (κ3) is 3.24. The monoisotopic (exact) mass is 326 g/mol. The number of carbonyl (C=O) groups is 1. The van der Waals surface area contributed by atoms with Crippen LogP contribution in [0.3, 0.4) is 0 Å². The minimum atomic E-state index is -1.05. The van der Waals surface area contributed by atoms with Crippen LogP contribution in [0, 0.1) is 0 Å². The van der Waals surface area contributed by atoms with Crippen LogP contribution in [0.1, 0.15) is 34.6 Å². The minimum Gasteiger partial charge on any atom is -0.479 e. The van der Waals surface area contributed by atoms with E-state index in [-0.39, 0.29) is 0 Å². The van der Waals surface area contributed by atoms with Crippen molar-refractivity contribution < 1.29 is 23.9 Å². The van der Waals surface area contributed by atoms with Gasteiger partial charge in [0.1, 0.15) is 5.75 Å². The van der Waals surface area contributed by atoms with Crippen molar-refractivity contribution in [3.63, 3.8) is 0 Å². The standard InChI is InChI=1S/C15H20BClO5/c1-9(13(18)19)20-12-7-6-10(17)8-11(12)16-21-14(2,3)15(4,5)22-16/h6-9H,1-5H3,(H,18,19)/t9-/m0/s1. The molecule has 0 aliphatic carbocycles. The maximum Gasteiger partial charge on any atom is 0.498 e. The Kier molecular flexibility index (Phi) is 4.48. The maximum absolute atomic E-state index is 11.0. The molecule has 1 heterocycles. The zero-order chi connectivity index (χ0) is 16.7. The van der Waals surface area contributed by atoms with Gasteiger partial charge >= 0.3 is 13.1 Å². The first kappa shape index (κ1) is 17.1. The normalized spacial score (nSPS) is 20.7. The van der Waals surface area contributed by atoms with E-state index < -0.39 is 30.4 Å². The van der Waals surface area contributed by atoms with Crippen LogP contribution in [0.15, 0.2) is 18.2 Å². The van der Waals surface area contributed by atoms with Gasteiger partial charge in [-0.15, -0.1) is 0 Å². The number of ether oxygens (including phenoxy) is 1. The molecule has 2 rings (SSSR count). The van der Waals surface area contributed by atoms with E-state index in [9.17, 15) is 4.79 Å². The molecule has 0 radical (unpaired) electrons. The Hall–Kier alpha value is -1.24. The van der Waals surface area contributed by atoms with E-state index in [2.05, 4.69) is 0 Å². The van der Waals surface area contributed by atoms with Gasteiger partial charge in [0.15, 0.2) is 6.10 Å². The van der Waals surface area contributed by atoms with Crippen LogP contribution in [0.25, 0.3) is 0 Å². The molecule has 0 bridgehead atoms. The number of rotatable bonds is 4. The second-order valence-electron chi connectivity index (χ2n) is 6.37. The molecule has 1 aromatic carbocycles. The highest BCUT2D eigenvalue weighted by molar-refractivity contribution is 6.63. The third-order valence-corrected chi connectivity index (χ3v) is 4.37. The molecule has 1 aliphatic heterocycles. The number of hydrogen-bond acceptors (Lipinski definition) is 4. The van der Waals surface area contributed by atoms with Gasteiger partial charge in [-0.1, -0.05) is 11.6 Å². The number of benzene rings is 1. The molecular weight excluding hydrogens is 306 g/mol. The van der Waals surface area contributed by atoms with Crippen molar-refractivity contribution in [1.29, 1.82) is 0 Å². The van der Waals surface area contributed by atoms with Crippen molar-refractivity contribution in [3.8, 4) is 5.75 Å². The Morgan fingerprint density at radius 2 is 1.82 bits per heavy atom. The van der Waals surface area contributed by atoms with Gasteiger partial charge in [-0.2, -0.15) is 0 Å². The number of halogens is 1. The quantitative estimate of drug-likeness (QED) is 0.861. The first-order valence-electron chi connectivity index (χ1n) is 7.08. The maximum atomic E-state index is 11.0. The molecule has 0 amide bonds. The van der Waals surface area contributed by atoms with E-state index in [1.165, 1.54) is 6.92 Å². The lowest BCUT2D eigenvalue weighted by atomic mass is 9.78. The molecule has 1 saturated heterocycles. The van der Waals surface area contributed by atoms with Gasteiger partial charge in [0.25, 0.3) is 0 Å². The summed E-state index contributed by atoms with van der Waals surface area (Å²) in [6, 6.07) is 4.94. The summed E-state index contributed by atoms with van der Waals surface area (Å²) in [5.41, 5.74) is -0.426. The van der Waals surface area contributed by atoms with Gasteiger partial charge in [0.05, 0.1) is 11.2 Å². The van der Waals surface area contributed by atoms with E-state index in [0.29, 0.717) is 16.2 Å². The van der Waals surface area contributed by atoms with Crippen molar-refractivity contribution >= 4 is 30.2 Å². The second-order valence-corrected chi connectivity index (χ2v) is 6.81. The molecular formula is C15H20BClO5. The van der Waals surface area contributed by atoms with Crippen molar-refractivity contribution in [2.75, 3.05) is 0 Å². The number of aliphatic carboxylic acids is 1. The van der Waals surface area contributed by atoms with E-state index in [1.54, 1.807) is 18.2 Å². The summed E-state index contributed by atoms with van der Waals surface area (Å²) in [5, 5.41) is 9.51. The van der Waals surface area contributed by atoms with E-state index in [1.807, 2.05) is 27.7 Å². The predicted octanol–water partition coefficient (Wildman–Crippen LogP) is 2.49. The summed E-state index contributed by atoms with van der Waals surface area (Å²) < 4.78 is 17.5. The Labute approximate surface area is 135 Å². The van der Waals surface area contributed by atoms with Gasteiger partial charge in [-0.25, -0.2) is 4.79 Å². The summed E-state index contributed by atoms with van der Waals surface area (Å²) >= 11 is 6.05. The van der Waals surface area contributed by atoms with Crippen LogP contribution in [0.4, 0.5) is 0 Å².